The van der Waals surface area contributed by atoms with E-state index in [1.165, 1.54) is 52.0 Å². The molecular formula is C23H23FN2O5S2. The van der Waals surface area contributed by atoms with E-state index in [2.05, 4.69) is 4.98 Å². The molecular weight excluding hydrogens is 467 g/mol. The summed E-state index contributed by atoms with van der Waals surface area (Å²) in [6, 6.07) is 11.8. The SMILES string of the molecule is O=C(OCc1csc(COc2ccc(F)cc2)n1)c1ccccc1S(=O)(=O)N1CCCCC1. The number of halogens is 1. The van der Waals surface area contributed by atoms with Crippen LogP contribution in [0.15, 0.2) is 58.8 Å². The van der Waals surface area contributed by atoms with Crippen LogP contribution in [0.1, 0.15) is 40.3 Å². The van der Waals surface area contributed by atoms with Gasteiger partial charge >= 0.3 is 5.97 Å². The van der Waals surface area contributed by atoms with Gasteiger partial charge in [-0.2, -0.15) is 4.31 Å². The van der Waals surface area contributed by atoms with E-state index in [9.17, 15) is 17.6 Å². The molecule has 0 aliphatic carbocycles. The molecule has 174 valence electrons. The van der Waals surface area contributed by atoms with Gasteiger partial charge in [0, 0.05) is 18.5 Å². The number of thiazole rings is 1. The highest BCUT2D eigenvalue weighted by Gasteiger charge is 2.30. The van der Waals surface area contributed by atoms with Crippen LogP contribution >= 0.6 is 11.3 Å². The first-order valence-electron chi connectivity index (χ1n) is 10.5. The molecule has 0 radical (unpaired) electrons. The molecule has 0 amide bonds. The first-order chi connectivity index (χ1) is 15.9. The van der Waals surface area contributed by atoms with Gasteiger partial charge < -0.3 is 9.47 Å². The highest BCUT2D eigenvalue weighted by Crippen LogP contribution is 2.24. The Morgan fingerprint density at radius 2 is 1.76 bits per heavy atom. The summed E-state index contributed by atoms with van der Waals surface area (Å²) in [6.07, 6.45) is 2.62. The number of benzene rings is 2. The first kappa shape index (κ1) is 23.3. The molecule has 7 nitrogen and oxygen atoms in total. The topological polar surface area (TPSA) is 85.8 Å². The van der Waals surface area contributed by atoms with E-state index < -0.39 is 16.0 Å². The number of piperidine rings is 1. The number of carbonyl (C=O) groups is 1. The van der Waals surface area contributed by atoms with Crippen molar-refractivity contribution in [3.05, 3.63) is 76.0 Å². The van der Waals surface area contributed by atoms with E-state index in [4.69, 9.17) is 9.47 Å². The second kappa shape index (κ2) is 10.4. The van der Waals surface area contributed by atoms with Crippen molar-refractivity contribution in [3.63, 3.8) is 0 Å². The lowest BCUT2D eigenvalue weighted by atomic mass is 10.2. The average Bonchev–Trinajstić information content (AvgIpc) is 3.30. The molecule has 2 heterocycles. The van der Waals surface area contributed by atoms with Crippen LogP contribution in [0.25, 0.3) is 0 Å². The smallest absolute Gasteiger partial charge is 0.339 e. The average molecular weight is 491 g/mol. The second-order valence-corrected chi connectivity index (χ2v) is 10.4. The largest absolute Gasteiger partial charge is 0.486 e. The van der Waals surface area contributed by atoms with Gasteiger partial charge in [-0.05, 0) is 49.2 Å². The van der Waals surface area contributed by atoms with Crippen molar-refractivity contribution in [1.82, 2.24) is 9.29 Å². The minimum atomic E-state index is -3.77. The van der Waals surface area contributed by atoms with Crippen molar-refractivity contribution in [2.24, 2.45) is 0 Å². The Balaban J connectivity index is 1.38. The minimum Gasteiger partial charge on any atom is -0.486 e. The maximum Gasteiger partial charge on any atom is 0.339 e. The van der Waals surface area contributed by atoms with Crippen molar-refractivity contribution in [3.8, 4) is 5.75 Å². The number of nitrogens with zero attached hydrogens (tertiary/aromatic N) is 2. The zero-order valence-electron chi connectivity index (χ0n) is 17.8. The van der Waals surface area contributed by atoms with Crippen LogP contribution in [0.4, 0.5) is 4.39 Å². The van der Waals surface area contributed by atoms with E-state index in [0.29, 0.717) is 29.5 Å². The third kappa shape index (κ3) is 5.76. The molecule has 0 atom stereocenters. The quantitative estimate of drug-likeness (QED) is 0.435. The van der Waals surface area contributed by atoms with Crippen LogP contribution in [0.3, 0.4) is 0 Å². The van der Waals surface area contributed by atoms with Gasteiger partial charge in [-0.3, -0.25) is 0 Å². The van der Waals surface area contributed by atoms with E-state index in [1.54, 1.807) is 17.5 Å². The van der Waals surface area contributed by atoms with E-state index in [0.717, 1.165) is 19.3 Å². The highest BCUT2D eigenvalue weighted by atomic mass is 32.2. The Labute approximate surface area is 195 Å². The number of carbonyl (C=O) groups excluding carboxylic acids is 1. The van der Waals surface area contributed by atoms with Crippen LogP contribution in [0.2, 0.25) is 0 Å². The van der Waals surface area contributed by atoms with E-state index in [1.807, 2.05) is 0 Å². The summed E-state index contributed by atoms with van der Waals surface area (Å²) in [5.74, 6) is -0.541. The molecule has 0 unspecified atom stereocenters. The predicted molar refractivity (Wildman–Crippen MR) is 121 cm³/mol. The normalized spacial score (nSPS) is 14.7. The molecule has 10 heteroatoms. The number of hydrogen-bond acceptors (Lipinski definition) is 7. The minimum absolute atomic E-state index is 0.0122. The monoisotopic (exact) mass is 490 g/mol. The molecule has 1 aliphatic rings. The van der Waals surface area contributed by atoms with Crippen LogP contribution in [-0.4, -0.2) is 36.8 Å². The van der Waals surface area contributed by atoms with Gasteiger partial charge in [-0.1, -0.05) is 18.6 Å². The molecule has 1 fully saturated rings. The molecule has 1 aliphatic heterocycles. The van der Waals surface area contributed by atoms with Crippen LogP contribution in [-0.2, 0) is 28.0 Å². The summed E-state index contributed by atoms with van der Waals surface area (Å²) in [5.41, 5.74) is 0.542. The van der Waals surface area contributed by atoms with Gasteiger partial charge in [0.1, 0.15) is 29.8 Å². The fourth-order valence-electron chi connectivity index (χ4n) is 3.48. The molecule has 0 bridgehead atoms. The Morgan fingerprint density at radius 3 is 2.52 bits per heavy atom. The molecule has 1 saturated heterocycles. The fraction of sp³-hybridized carbons (Fsp3) is 0.304. The van der Waals surface area contributed by atoms with Crippen molar-refractivity contribution in [2.75, 3.05) is 13.1 Å². The molecule has 0 saturated carbocycles. The van der Waals surface area contributed by atoms with Crippen molar-refractivity contribution < 1.29 is 27.1 Å². The lowest BCUT2D eigenvalue weighted by Crippen LogP contribution is -2.36. The van der Waals surface area contributed by atoms with E-state index >= 15 is 0 Å². The van der Waals surface area contributed by atoms with Crippen LogP contribution in [0.5, 0.6) is 5.75 Å². The number of ether oxygens (including phenoxy) is 2. The number of esters is 1. The third-order valence-corrected chi connectivity index (χ3v) is 7.99. The number of rotatable bonds is 8. The molecule has 33 heavy (non-hydrogen) atoms. The molecule has 2 aromatic carbocycles. The van der Waals surface area contributed by atoms with Gasteiger partial charge in [0.25, 0.3) is 0 Å². The predicted octanol–water partition coefficient (Wildman–Crippen LogP) is 4.39. The Bertz CT molecular complexity index is 1210. The summed E-state index contributed by atoms with van der Waals surface area (Å²) in [6.45, 7) is 1.01. The zero-order chi connectivity index (χ0) is 23.3. The first-order valence-corrected chi connectivity index (χ1v) is 12.8. The zero-order valence-corrected chi connectivity index (χ0v) is 19.4. The van der Waals surface area contributed by atoms with Gasteiger partial charge in [0.2, 0.25) is 10.0 Å². The van der Waals surface area contributed by atoms with Crippen LogP contribution in [0, 0.1) is 5.82 Å². The van der Waals surface area contributed by atoms with E-state index in [-0.39, 0.29) is 29.5 Å². The maximum atomic E-state index is 13.1. The van der Waals surface area contributed by atoms with Crippen molar-refractivity contribution >= 4 is 27.3 Å². The standard InChI is InChI=1S/C23H23FN2O5S2/c24-17-8-10-19(11-9-17)30-15-22-25-18(16-32-22)14-31-23(27)20-6-2-3-7-21(20)33(28,29)26-12-4-1-5-13-26/h2-3,6-11,16H,1,4-5,12-15H2. The molecule has 4 rings (SSSR count). The van der Waals surface area contributed by atoms with Crippen molar-refractivity contribution in [1.29, 1.82) is 0 Å². The molecule has 1 aromatic heterocycles. The lowest BCUT2D eigenvalue weighted by molar-refractivity contribution is 0.0463. The van der Waals surface area contributed by atoms with Crippen molar-refractivity contribution in [2.45, 2.75) is 37.4 Å². The van der Waals surface area contributed by atoms with Crippen LogP contribution < -0.4 is 4.74 Å². The Morgan fingerprint density at radius 1 is 1.03 bits per heavy atom. The molecule has 0 N–H and O–H groups in total. The number of aromatic nitrogens is 1. The number of hydrogen-bond donors (Lipinski definition) is 0. The third-order valence-electron chi connectivity index (χ3n) is 5.17. The Hall–Kier alpha value is -2.82. The summed E-state index contributed by atoms with van der Waals surface area (Å²) < 4.78 is 51.5. The lowest BCUT2D eigenvalue weighted by Gasteiger charge is -2.26. The summed E-state index contributed by atoms with van der Waals surface area (Å²) >= 11 is 1.34. The summed E-state index contributed by atoms with van der Waals surface area (Å²) in [5, 5.41) is 2.41. The van der Waals surface area contributed by atoms with Gasteiger partial charge in [0.15, 0.2) is 0 Å². The molecule has 3 aromatic rings. The molecule has 0 spiro atoms. The van der Waals surface area contributed by atoms with Gasteiger partial charge in [-0.15, -0.1) is 11.3 Å². The summed E-state index contributed by atoms with van der Waals surface area (Å²) in [7, 11) is -3.77. The van der Waals surface area contributed by atoms with Gasteiger partial charge in [0.05, 0.1) is 16.2 Å². The highest BCUT2D eigenvalue weighted by molar-refractivity contribution is 7.89. The Kier molecular flexibility index (Phi) is 7.36. The van der Waals surface area contributed by atoms with Gasteiger partial charge in [-0.25, -0.2) is 22.6 Å². The fourth-order valence-corrected chi connectivity index (χ4v) is 5.87. The number of sulfonamides is 1. The second-order valence-electron chi connectivity index (χ2n) is 7.51. The summed E-state index contributed by atoms with van der Waals surface area (Å²) in [4.78, 5) is 17.1. The maximum absolute atomic E-state index is 13.1.